The fourth-order valence-electron chi connectivity index (χ4n) is 3.59. The molecule has 2 aromatic carbocycles. The molecule has 0 heterocycles. The fraction of sp³-hybridized carbons (Fsp3) is 0.364. The van der Waals surface area contributed by atoms with E-state index in [9.17, 15) is 9.59 Å². The second-order valence-corrected chi connectivity index (χ2v) is 7.09. The first kappa shape index (κ1) is 18.2. The number of aryl methyl sites for hydroxylation is 1. The third-order valence-electron chi connectivity index (χ3n) is 5.17. The molecule has 0 unspecified atom stereocenters. The molecular formula is C22H25NO3. The molecule has 1 aliphatic rings. The van der Waals surface area contributed by atoms with E-state index in [1.807, 2.05) is 37.3 Å². The Labute approximate surface area is 154 Å². The number of nitrogens with one attached hydrogen (secondary N) is 1. The van der Waals surface area contributed by atoms with Gasteiger partial charge in [-0.25, -0.2) is 4.79 Å². The SMILES string of the molecule is Cc1ccc(NC(=O)C2CCCCCC2)cc1-c1ccc(C(=O)O)cc1. The first-order chi connectivity index (χ1) is 12.5. The van der Waals surface area contributed by atoms with Crippen LogP contribution in [0.3, 0.4) is 0 Å². The maximum Gasteiger partial charge on any atom is 0.335 e. The molecule has 0 saturated heterocycles. The highest BCUT2D eigenvalue weighted by Crippen LogP contribution is 2.28. The van der Waals surface area contributed by atoms with Gasteiger partial charge in [0.05, 0.1) is 5.56 Å². The largest absolute Gasteiger partial charge is 0.478 e. The Hall–Kier alpha value is -2.62. The number of anilines is 1. The Morgan fingerprint density at radius 1 is 0.962 bits per heavy atom. The summed E-state index contributed by atoms with van der Waals surface area (Å²) in [7, 11) is 0. The maximum atomic E-state index is 12.6. The Morgan fingerprint density at radius 3 is 2.23 bits per heavy atom. The second-order valence-electron chi connectivity index (χ2n) is 7.09. The van der Waals surface area contributed by atoms with Crippen LogP contribution in [0.1, 0.15) is 54.4 Å². The van der Waals surface area contributed by atoms with E-state index in [4.69, 9.17) is 5.11 Å². The van der Waals surface area contributed by atoms with Gasteiger partial charge in [-0.15, -0.1) is 0 Å². The van der Waals surface area contributed by atoms with Crippen LogP contribution in [0.5, 0.6) is 0 Å². The Morgan fingerprint density at radius 2 is 1.62 bits per heavy atom. The molecule has 1 amide bonds. The number of carbonyl (C=O) groups excluding carboxylic acids is 1. The summed E-state index contributed by atoms with van der Waals surface area (Å²) in [5.74, 6) is -0.710. The molecule has 0 atom stereocenters. The zero-order valence-electron chi connectivity index (χ0n) is 15.1. The van der Waals surface area contributed by atoms with Gasteiger partial charge in [-0.05, 0) is 60.7 Å². The minimum atomic E-state index is -0.933. The number of amides is 1. The summed E-state index contributed by atoms with van der Waals surface area (Å²) in [4.78, 5) is 23.6. The Balaban J connectivity index is 1.78. The summed E-state index contributed by atoms with van der Waals surface area (Å²) in [6, 6.07) is 12.7. The van der Waals surface area contributed by atoms with Gasteiger partial charge in [0.25, 0.3) is 0 Å². The molecule has 2 aromatic rings. The van der Waals surface area contributed by atoms with E-state index in [1.54, 1.807) is 12.1 Å². The number of aromatic carboxylic acids is 1. The number of rotatable bonds is 4. The van der Waals surface area contributed by atoms with Crippen molar-refractivity contribution in [3.63, 3.8) is 0 Å². The summed E-state index contributed by atoms with van der Waals surface area (Å²) in [6.07, 6.45) is 6.67. The smallest absolute Gasteiger partial charge is 0.335 e. The van der Waals surface area contributed by atoms with Gasteiger partial charge in [0.15, 0.2) is 0 Å². The molecule has 0 bridgehead atoms. The van der Waals surface area contributed by atoms with Crippen LogP contribution < -0.4 is 5.32 Å². The molecular weight excluding hydrogens is 326 g/mol. The van der Waals surface area contributed by atoms with Crippen molar-refractivity contribution in [2.75, 3.05) is 5.32 Å². The van der Waals surface area contributed by atoms with Crippen molar-refractivity contribution in [1.29, 1.82) is 0 Å². The van der Waals surface area contributed by atoms with Crippen LogP contribution in [0.15, 0.2) is 42.5 Å². The van der Waals surface area contributed by atoms with Crippen molar-refractivity contribution in [1.82, 2.24) is 0 Å². The van der Waals surface area contributed by atoms with Crippen molar-refractivity contribution in [2.24, 2.45) is 5.92 Å². The molecule has 0 spiro atoms. The number of hydrogen-bond acceptors (Lipinski definition) is 2. The lowest BCUT2D eigenvalue weighted by Crippen LogP contribution is -2.22. The van der Waals surface area contributed by atoms with E-state index in [1.165, 1.54) is 12.8 Å². The Bertz CT molecular complexity index is 788. The quantitative estimate of drug-likeness (QED) is 0.738. The molecule has 136 valence electrons. The third kappa shape index (κ3) is 4.31. The van der Waals surface area contributed by atoms with Gasteiger partial charge in [0, 0.05) is 11.6 Å². The molecule has 1 saturated carbocycles. The summed E-state index contributed by atoms with van der Waals surface area (Å²) < 4.78 is 0. The van der Waals surface area contributed by atoms with Crippen LogP contribution in [0.2, 0.25) is 0 Å². The van der Waals surface area contributed by atoms with E-state index < -0.39 is 5.97 Å². The van der Waals surface area contributed by atoms with Crippen molar-refractivity contribution < 1.29 is 14.7 Å². The molecule has 2 N–H and O–H groups in total. The monoisotopic (exact) mass is 351 g/mol. The van der Waals surface area contributed by atoms with Gasteiger partial charge in [0.2, 0.25) is 5.91 Å². The van der Waals surface area contributed by atoms with E-state index in [0.29, 0.717) is 0 Å². The first-order valence-electron chi connectivity index (χ1n) is 9.30. The number of carboxylic acid groups (broad SMARTS) is 1. The Kier molecular flexibility index (Phi) is 5.71. The van der Waals surface area contributed by atoms with Gasteiger partial charge in [-0.2, -0.15) is 0 Å². The first-order valence-corrected chi connectivity index (χ1v) is 9.30. The van der Waals surface area contributed by atoms with Crippen molar-refractivity contribution in [3.8, 4) is 11.1 Å². The molecule has 4 nitrogen and oxygen atoms in total. The predicted molar refractivity (Wildman–Crippen MR) is 103 cm³/mol. The lowest BCUT2D eigenvalue weighted by atomic mass is 9.97. The summed E-state index contributed by atoms with van der Waals surface area (Å²) in [5, 5.41) is 12.1. The minimum absolute atomic E-state index is 0.108. The lowest BCUT2D eigenvalue weighted by molar-refractivity contribution is -0.120. The highest BCUT2D eigenvalue weighted by atomic mass is 16.4. The van der Waals surface area contributed by atoms with Crippen LogP contribution in [-0.4, -0.2) is 17.0 Å². The van der Waals surface area contributed by atoms with Crippen molar-refractivity contribution in [2.45, 2.75) is 45.4 Å². The maximum absolute atomic E-state index is 12.6. The van der Waals surface area contributed by atoms with E-state index in [0.717, 1.165) is 48.1 Å². The number of carboxylic acids is 1. The molecule has 26 heavy (non-hydrogen) atoms. The van der Waals surface area contributed by atoms with Crippen LogP contribution in [-0.2, 0) is 4.79 Å². The van der Waals surface area contributed by atoms with Crippen LogP contribution in [0.4, 0.5) is 5.69 Å². The summed E-state index contributed by atoms with van der Waals surface area (Å²) >= 11 is 0. The van der Waals surface area contributed by atoms with E-state index >= 15 is 0 Å². The van der Waals surface area contributed by atoms with E-state index in [2.05, 4.69) is 5.32 Å². The van der Waals surface area contributed by atoms with E-state index in [-0.39, 0.29) is 17.4 Å². The minimum Gasteiger partial charge on any atom is -0.478 e. The second kappa shape index (κ2) is 8.17. The molecule has 0 aromatic heterocycles. The molecule has 3 rings (SSSR count). The van der Waals surface area contributed by atoms with Gasteiger partial charge in [-0.1, -0.05) is 43.9 Å². The normalized spacial score (nSPS) is 15.3. The fourth-order valence-corrected chi connectivity index (χ4v) is 3.59. The topological polar surface area (TPSA) is 66.4 Å². The third-order valence-corrected chi connectivity index (χ3v) is 5.17. The standard InChI is InChI=1S/C22H25NO3/c1-15-8-13-19(23-21(24)17-6-4-2-3-5-7-17)14-20(15)16-9-11-18(12-10-16)22(25)26/h8-14,17H,2-7H2,1H3,(H,23,24)(H,25,26). The zero-order chi connectivity index (χ0) is 18.5. The average molecular weight is 351 g/mol. The number of carbonyl (C=O) groups is 2. The average Bonchev–Trinajstić information content (AvgIpc) is 2.93. The number of hydrogen-bond donors (Lipinski definition) is 2. The molecule has 0 aliphatic heterocycles. The number of benzene rings is 2. The van der Waals surface area contributed by atoms with Crippen molar-refractivity contribution >= 4 is 17.6 Å². The summed E-state index contributed by atoms with van der Waals surface area (Å²) in [5.41, 5.74) is 4.09. The van der Waals surface area contributed by atoms with Gasteiger partial charge in [-0.3, -0.25) is 4.79 Å². The summed E-state index contributed by atoms with van der Waals surface area (Å²) in [6.45, 7) is 2.01. The highest BCUT2D eigenvalue weighted by molar-refractivity contribution is 5.93. The highest BCUT2D eigenvalue weighted by Gasteiger charge is 2.20. The van der Waals surface area contributed by atoms with Gasteiger partial charge < -0.3 is 10.4 Å². The van der Waals surface area contributed by atoms with Crippen LogP contribution in [0, 0.1) is 12.8 Å². The van der Waals surface area contributed by atoms with Crippen LogP contribution >= 0.6 is 0 Å². The van der Waals surface area contributed by atoms with Gasteiger partial charge in [0.1, 0.15) is 0 Å². The van der Waals surface area contributed by atoms with Crippen LogP contribution in [0.25, 0.3) is 11.1 Å². The molecule has 0 radical (unpaired) electrons. The zero-order valence-corrected chi connectivity index (χ0v) is 15.1. The molecule has 1 aliphatic carbocycles. The van der Waals surface area contributed by atoms with Crippen molar-refractivity contribution in [3.05, 3.63) is 53.6 Å². The molecule has 1 fully saturated rings. The van der Waals surface area contributed by atoms with Gasteiger partial charge >= 0.3 is 5.97 Å². The predicted octanol–water partition coefficient (Wildman–Crippen LogP) is 5.27. The molecule has 4 heteroatoms. The lowest BCUT2D eigenvalue weighted by Gasteiger charge is -2.15.